The molecule has 23 heavy (non-hydrogen) atoms. The molecule has 114 valence electrons. The van der Waals surface area contributed by atoms with Gasteiger partial charge in [-0.3, -0.25) is 9.88 Å². The van der Waals surface area contributed by atoms with Crippen molar-refractivity contribution in [2.45, 2.75) is 24.9 Å². The quantitative estimate of drug-likeness (QED) is 0.671. The van der Waals surface area contributed by atoms with Crippen LogP contribution < -0.4 is 11.1 Å². The zero-order chi connectivity index (χ0) is 15.4. The maximum absolute atomic E-state index is 6.08. The summed E-state index contributed by atoms with van der Waals surface area (Å²) in [5, 5.41) is 3.12. The molecule has 0 saturated carbocycles. The number of hydrogen-bond donors (Lipinski definition) is 2. The van der Waals surface area contributed by atoms with E-state index in [1.807, 2.05) is 18.2 Å². The van der Waals surface area contributed by atoms with Gasteiger partial charge in [0.15, 0.2) is 5.96 Å². The van der Waals surface area contributed by atoms with E-state index in [0.29, 0.717) is 5.96 Å². The summed E-state index contributed by atoms with van der Waals surface area (Å²) in [6.07, 6.45) is 2.78. The molecule has 1 atom stereocenters. The number of aromatic nitrogens is 2. The Balaban J connectivity index is 1.76. The molecule has 0 radical (unpaired) electrons. The van der Waals surface area contributed by atoms with E-state index in [-0.39, 0.29) is 5.66 Å². The van der Waals surface area contributed by atoms with Crippen LogP contribution in [0.1, 0.15) is 17.5 Å². The molecule has 5 heteroatoms. The number of imidazole rings is 1. The first kappa shape index (κ1) is 12.7. The second-order valence-corrected chi connectivity index (χ2v) is 6.31. The fourth-order valence-electron chi connectivity index (χ4n) is 3.94. The second kappa shape index (κ2) is 4.35. The molecule has 0 saturated heterocycles. The van der Waals surface area contributed by atoms with Crippen molar-refractivity contribution in [1.82, 2.24) is 9.55 Å². The highest BCUT2D eigenvalue weighted by Gasteiger charge is 2.41. The van der Waals surface area contributed by atoms with Gasteiger partial charge < -0.3 is 5.73 Å². The number of para-hydroxylation sites is 2. The third-order valence-corrected chi connectivity index (χ3v) is 4.93. The summed E-state index contributed by atoms with van der Waals surface area (Å²) < 4.78 is 2.23. The van der Waals surface area contributed by atoms with Crippen molar-refractivity contribution in [3.05, 3.63) is 59.7 Å². The predicted molar refractivity (Wildman–Crippen MR) is 91.4 cm³/mol. The normalized spacial score (nSPS) is 22.3. The summed E-state index contributed by atoms with van der Waals surface area (Å²) in [5.41, 5.74) is 10.5. The monoisotopic (exact) mass is 303 g/mol. The van der Waals surface area contributed by atoms with E-state index >= 15 is 0 Å². The maximum atomic E-state index is 6.08. The fraction of sp³-hybridized carbons (Fsp3) is 0.222. The third-order valence-electron chi connectivity index (χ3n) is 4.93. The van der Waals surface area contributed by atoms with Crippen LogP contribution in [0.5, 0.6) is 0 Å². The molecular formula is C18H17N5. The molecule has 1 spiro atoms. The molecular weight excluding hydrogens is 286 g/mol. The second-order valence-electron chi connectivity index (χ2n) is 6.31. The molecule has 0 fully saturated rings. The number of anilines is 1. The van der Waals surface area contributed by atoms with Crippen molar-refractivity contribution in [2.75, 3.05) is 5.32 Å². The van der Waals surface area contributed by atoms with Gasteiger partial charge in [0.1, 0.15) is 5.66 Å². The Labute approximate surface area is 133 Å². The van der Waals surface area contributed by atoms with Crippen molar-refractivity contribution < 1.29 is 0 Å². The largest absolute Gasteiger partial charge is 0.370 e. The Morgan fingerprint density at radius 1 is 1.04 bits per heavy atom. The molecule has 1 aliphatic heterocycles. The summed E-state index contributed by atoms with van der Waals surface area (Å²) in [4.78, 5) is 9.54. The number of nitrogens with two attached hydrogens (primary N) is 1. The van der Waals surface area contributed by atoms with Crippen molar-refractivity contribution in [3.8, 4) is 0 Å². The van der Waals surface area contributed by atoms with Crippen molar-refractivity contribution >= 4 is 22.9 Å². The molecule has 3 N–H and O–H groups in total. The Morgan fingerprint density at radius 2 is 1.83 bits per heavy atom. The van der Waals surface area contributed by atoms with Gasteiger partial charge in [0.2, 0.25) is 5.95 Å². The van der Waals surface area contributed by atoms with Gasteiger partial charge in [0.05, 0.1) is 11.0 Å². The fourth-order valence-corrected chi connectivity index (χ4v) is 3.94. The highest BCUT2D eigenvalue weighted by molar-refractivity contribution is 5.94. The molecule has 5 rings (SSSR count). The minimum atomic E-state index is -0.380. The number of fused-ring (bicyclic) bond motifs is 5. The van der Waals surface area contributed by atoms with Crippen LogP contribution in [-0.4, -0.2) is 15.5 Å². The SMILES string of the molecule is NC1=NC2(CCc3ccccc3C2)n2c(nc3ccccc32)N1. The standard InChI is InChI=1S/C18H17N5/c19-16-21-17-20-14-7-3-4-8-15(14)23(17)18(22-16)10-9-12-5-1-2-6-13(12)11-18/h1-8H,9-11H2,(H3,19,20,21,22). The average molecular weight is 303 g/mol. The van der Waals surface area contributed by atoms with E-state index in [9.17, 15) is 0 Å². The Bertz CT molecular complexity index is 955. The molecule has 0 amide bonds. The highest BCUT2D eigenvalue weighted by atomic mass is 15.4. The minimum absolute atomic E-state index is 0.380. The van der Waals surface area contributed by atoms with Crippen LogP contribution in [0, 0.1) is 0 Å². The first-order valence-electron chi connectivity index (χ1n) is 7.92. The van der Waals surface area contributed by atoms with Crippen LogP contribution in [0.4, 0.5) is 5.95 Å². The Kier molecular flexibility index (Phi) is 2.40. The number of benzene rings is 2. The van der Waals surface area contributed by atoms with E-state index in [1.165, 1.54) is 11.1 Å². The lowest BCUT2D eigenvalue weighted by Gasteiger charge is -2.40. The highest BCUT2D eigenvalue weighted by Crippen LogP contribution is 2.41. The van der Waals surface area contributed by atoms with Crippen molar-refractivity contribution in [3.63, 3.8) is 0 Å². The smallest absolute Gasteiger partial charge is 0.212 e. The number of guanidine groups is 1. The first-order chi connectivity index (χ1) is 11.3. The lowest BCUT2D eigenvalue weighted by molar-refractivity contribution is 0.267. The van der Waals surface area contributed by atoms with Crippen LogP contribution >= 0.6 is 0 Å². The van der Waals surface area contributed by atoms with Gasteiger partial charge in [-0.05, 0) is 36.1 Å². The Morgan fingerprint density at radius 3 is 2.74 bits per heavy atom. The van der Waals surface area contributed by atoms with E-state index in [4.69, 9.17) is 15.7 Å². The van der Waals surface area contributed by atoms with Gasteiger partial charge >= 0.3 is 0 Å². The van der Waals surface area contributed by atoms with Crippen LogP contribution in [0.2, 0.25) is 0 Å². The molecule has 1 unspecified atom stereocenters. The zero-order valence-electron chi connectivity index (χ0n) is 12.7. The molecule has 0 bridgehead atoms. The van der Waals surface area contributed by atoms with Crippen LogP contribution in [-0.2, 0) is 18.5 Å². The van der Waals surface area contributed by atoms with Gasteiger partial charge in [-0.1, -0.05) is 36.4 Å². The number of aliphatic imine (C=N–C) groups is 1. The topological polar surface area (TPSA) is 68.2 Å². The molecule has 1 aliphatic carbocycles. The van der Waals surface area contributed by atoms with Crippen LogP contribution in [0.3, 0.4) is 0 Å². The summed E-state index contributed by atoms with van der Waals surface area (Å²) in [6, 6.07) is 16.8. The third kappa shape index (κ3) is 1.73. The van der Waals surface area contributed by atoms with Crippen LogP contribution in [0.25, 0.3) is 11.0 Å². The number of aryl methyl sites for hydroxylation is 1. The summed E-state index contributed by atoms with van der Waals surface area (Å²) in [7, 11) is 0. The zero-order valence-corrected chi connectivity index (χ0v) is 12.7. The van der Waals surface area contributed by atoms with E-state index in [1.54, 1.807) is 0 Å². The lowest BCUT2D eigenvalue weighted by atomic mass is 9.83. The molecule has 3 aromatic rings. The van der Waals surface area contributed by atoms with Gasteiger partial charge in [-0.15, -0.1) is 0 Å². The van der Waals surface area contributed by atoms with Crippen molar-refractivity contribution in [1.29, 1.82) is 0 Å². The van der Waals surface area contributed by atoms with Gasteiger partial charge in [0.25, 0.3) is 0 Å². The summed E-state index contributed by atoms with van der Waals surface area (Å²) in [6.45, 7) is 0. The Hall–Kier alpha value is -2.82. The van der Waals surface area contributed by atoms with E-state index in [0.717, 1.165) is 36.2 Å². The van der Waals surface area contributed by atoms with Gasteiger partial charge in [0, 0.05) is 6.42 Å². The molecule has 2 heterocycles. The number of nitrogens with zero attached hydrogens (tertiary/aromatic N) is 3. The van der Waals surface area contributed by atoms with E-state index < -0.39 is 0 Å². The first-order valence-corrected chi connectivity index (χ1v) is 7.92. The van der Waals surface area contributed by atoms with Crippen molar-refractivity contribution in [2.24, 2.45) is 10.7 Å². The lowest BCUT2D eigenvalue weighted by Crippen LogP contribution is -2.45. The number of nitrogens with one attached hydrogen (secondary N) is 1. The predicted octanol–water partition coefficient (Wildman–Crippen LogP) is 2.62. The number of rotatable bonds is 0. The molecule has 2 aliphatic rings. The molecule has 5 nitrogen and oxygen atoms in total. The van der Waals surface area contributed by atoms with Gasteiger partial charge in [-0.2, -0.15) is 0 Å². The summed E-state index contributed by atoms with van der Waals surface area (Å²) >= 11 is 0. The van der Waals surface area contributed by atoms with E-state index in [2.05, 4.69) is 40.2 Å². The molecule has 1 aromatic heterocycles. The average Bonchev–Trinajstić information content (AvgIpc) is 2.93. The van der Waals surface area contributed by atoms with Gasteiger partial charge in [-0.25, -0.2) is 9.98 Å². The van der Waals surface area contributed by atoms with Crippen LogP contribution in [0.15, 0.2) is 53.5 Å². The number of hydrogen-bond acceptors (Lipinski definition) is 4. The minimum Gasteiger partial charge on any atom is -0.370 e. The molecule has 2 aromatic carbocycles. The summed E-state index contributed by atoms with van der Waals surface area (Å²) in [5.74, 6) is 1.24. The maximum Gasteiger partial charge on any atom is 0.212 e.